The molecule has 2 heterocycles. The van der Waals surface area contributed by atoms with Gasteiger partial charge in [-0.2, -0.15) is 5.26 Å². The lowest BCUT2D eigenvalue weighted by molar-refractivity contribution is -0.138. The first-order chi connectivity index (χ1) is 16.4. The third-order valence-electron chi connectivity index (χ3n) is 6.88. The Kier molecular flexibility index (Phi) is 7.42. The molecule has 1 aromatic heterocycles. The number of carbonyl (C=O) groups excluding carboxylic acids is 1. The number of halogens is 2. The van der Waals surface area contributed by atoms with Crippen LogP contribution in [0.1, 0.15) is 54.7 Å². The summed E-state index contributed by atoms with van der Waals surface area (Å²) in [6.45, 7) is 1.24. The van der Waals surface area contributed by atoms with Crippen molar-refractivity contribution in [3.05, 3.63) is 69.1 Å². The third-order valence-corrected chi connectivity index (χ3v) is 6.88. The zero-order valence-corrected chi connectivity index (χ0v) is 19.4. The Morgan fingerprint density at radius 1 is 1.26 bits per heavy atom. The van der Waals surface area contributed by atoms with Gasteiger partial charge in [-0.1, -0.05) is 6.07 Å². The zero-order valence-electron chi connectivity index (χ0n) is 19.4. The molecule has 180 valence electrons. The van der Waals surface area contributed by atoms with E-state index in [1.807, 2.05) is 6.07 Å². The van der Waals surface area contributed by atoms with E-state index in [-0.39, 0.29) is 41.5 Å². The van der Waals surface area contributed by atoms with Gasteiger partial charge in [0.25, 0.3) is 5.56 Å². The summed E-state index contributed by atoms with van der Waals surface area (Å²) in [7, 11) is 1.69. The van der Waals surface area contributed by atoms with Crippen molar-refractivity contribution in [1.82, 2.24) is 14.8 Å². The van der Waals surface area contributed by atoms with Crippen molar-refractivity contribution in [2.45, 2.75) is 57.0 Å². The lowest BCUT2D eigenvalue weighted by atomic mass is 9.80. The number of pyridine rings is 1. The Bertz CT molecular complexity index is 1150. The Balaban J connectivity index is 1.58. The second kappa shape index (κ2) is 10.5. The molecule has 1 saturated carbocycles. The molecule has 1 aliphatic carbocycles. The number of nitrogens with zero attached hydrogens (tertiary/aromatic N) is 3. The lowest BCUT2D eigenvalue weighted by Gasteiger charge is -2.36. The first kappa shape index (κ1) is 24.1. The minimum absolute atomic E-state index is 0.0120. The lowest BCUT2D eigenvalue weighted by Crippen LogP contribution is -2.47. The summed E-state index contributed by atoms with van der Waals surface area (Å²) in [6.07, 6.45) is 5.52. The first-order valence-corrected chi connectivity index (χ1v) is 11.9. The van der Waals surface area contributed by atoms with Crippen LogP contribution in [0.2, 0.25) is 0 Å². The Hall–Kier alpha value is -3.05. The third kappa shape index (κ3) is 5.36. The number of rotatable bonds is 8. The highest BCUT2D eigenvalue weighted by atomic mass is 19.2. The van der Waals surface area contributed by atoms with Gasteiger partial charge in [-0.25, -0.2) is 8.78 Å². The average molecular weight is 469 g/mol. The molecule has 0 spiro atoms. The van der Waals surface area contributed by atoms with E-state index in [0.29, 0.717) is 31.4 Å². The molecule has 1 amide bonds. The number of aryl methyl sites for hydroxylation is 2. The van der Waals surface area contributed by atoms with E-state index in [9.17, 15) is 18.4 Å². The van der Waals surface area contributed by atoms with Crippen LogP contribution in [0.4, 0.5) is 8.78 Å². The van der Waals surface area contributed by atoms with Crippen LogP contribution in [0.3, 0.4) is 0 Å². The van der Waals surface area contributed by atoms with Gasteiger partial charge >= 0.3 is 0 Å². The minimum atomic E-state index is -0.926. The van der Waals surface area contributed by atoms with Gasteiger partial charge < -0.3 is 14.8 Å². The molecule has 2 aromatic rings. The van der Waals surface area contributed by atoms with Gasteiger partial charge in [-0.3, -0.25) is 9.59 Å². The van der Waals surface area contributed by atoms with Crippen molar-refractivity contribution in [2.24, 2.45) is 13.0 Å². The number of benzene rings is 1. The largest absolute Gasteiger partial charge is 0.335 e. The molecule has 1 N–H and O–H groups in total. The van der Waals surface area contributed by atoms with Crippen LogP contribution in [0, 0.1) is 28.9 Å². The smallest absolute Gasteiger partial charge is 0.250 e. The van der Waals surface area contributed by atoms with Crippen molar-refractivity contribution in [2.75, 3.05) is 13.1 Å². The number of amides is 1. The van der Waals surface area contributed by atoms with Crippen molar-refractivity contribution in [1.29, 1.82) is 5.26 Å². The number of aromatic nitrogens is 1. The van der Waals surface area contributed by atoms with Crippen LogP contribution in [0.15, 0.2) is 35.3 Å². The van der Waals surface area contributed by atoms with Crippen LogP contribution in [0.5, 0.6) is 0 Å². The molecule has 2 fully saturated rings. The monoisotopic (exact) mass is 468 g/mol. The van der Waals surface area contributed by atoms with E-state index in [1.165, 1.54) is 10.6 Å². The zero-order chi connectivity index (χ0) is 24.2. The van der Waals surface area contributed by atoms with Crippen molar-refractivity contribution in [3.63, 3.8) is 0 Å². The highest BCUT2D eigenvalue weighted by molar-refractivity contribution is 5.81. The maximum atomic E-state index is 14.7. The van der Waals surface area contributed by atoms with Crippen LogP contribution < -0.4 is 10.9 Å². The maximum absolute atomic E-state index is 14.7. The molecule has 1 saturated heterocycles. The Labute approximate surface area is 198 Å². The number of hydrogen-bond acceptors (Lipinski definition) is 4. The van der Waals surface area contributed by atoms with E-state index in [2.05, 4.69) is 11.4 Å². The van der Waals surface area contributed by atoms with Crippen LogP contribution >= 0.6 is 0 Å². The molecule has 34 heavy (non-hydrogen) atoms. The molecule has 0 unspecified atom stereocenters. The predicted molar refractivity (Wildman–Crippen MR) is 124 cm³/mol. The quantitative estimate of drug-likeness (QED) is 0.603. The van der Waals surface area contributed by atoms with Crippen molar-refractivity contribution < 1.29 is 13.6 Å². The van der Waals surface area contributed by atoms with Crippen LogP contribution in [-0.4, -0.2) is 34.5 Å². The summed E-state index contributed by atoms with van der Waals surface area (Å²) in [5, 5.41) is 12.0. The van der Waals surface area contributed by atoms with Crippen LogP contribution in [0.25, 0.3) is 0 Å². The summed E-state index contributed by atoms with van der Waals surface area (Å²) in [4.78, 5) is 27.7. The fraction of sp³-hybridized carbons (Fsp3) is 0.500. The molecular formula is C26H30F2N4O2. The molecule has 8 heteroatoms. The van der Waals surface area contributed by atoms with Gasteiger partial charge in [0, 0.05) is 50.4 Å². The van der Waals surface area contributed by atoms with Gasteiger partial charge in [-0.05, 0) is 67.8 Å². The van der Waals surface area contributed by atoms with Crippen molar-refractivity contribution in [3.8, 4) is 6.07 Å². The fourth-order valence-corrected chi connectivity index (χ4v) is 4.82. The van der Waals surface area contributed by atoms with E-state index >= 15 is 0 Å². The van der Waals surface area contributed by atoms with Gasteiger partial charge in [0.15, 0.2) is 11.6 Å². The fourth-order valence-electron chi connectivity index (χ4n) is 4.82. The predicted octanol–water partition coefficient (Wildman–Crippen LogP) is 3.39. The molecule has 1 aromatic carbocycles. The van der Waals surface area contributed by atoms with Crippen LogP contribution in [-0.2, 0) is 24.8 Å². The average Bonchev–Trinajstić information content (AvgIpc) is 3.67. The maximum Gasteiger partial charge on any atom is 0.250 e. The summed E-state index contributed by atoms with van der Waals surface area (Å²) >= 11 is 0. The first-order valence-electron chi connectivity index (χ1n) is 11.9. The van der Waals surface area contributed by atoms with E-state index in [4.69, 9.17) is 5.26 Å². The molecule has 2 aliphatic rings. The number of nitrogens with one attached hydrogen (secondary N) is 1. The summed E-state index contributed by atoms with van der Waals surface area (Å²) < 4.78 is 30.6. The molecule has 0 bridgehead atoms. The molecular weight excluding hydrogens is 438 g/mol. The van der Waals surface area contributed by atoms with Gasteiger partial charge in [0.2, 0.25) is 5.91 Å². The van der Waals surface area contributed by atoms with Crippen molar-refractivity contribution >= 4 is 5.91 Å². The highest BCUT2D eigenvalue weighted by Crippen LogP contribution is 2.36. The molecule has 1 aliphatic heterocycles. The van der Waals surface area contributed by atoms with E-state index in [0.717, 1.165) is 31.4 Å². The SMILES string of the molecule is Cn1ccc([C@@H]2CCNC[C@H]2C(=O)N(Cc2cc(CCCC#N)cc(F)c2F)C2CC2)cc1=O. The summed E-state index contributed by atoms with van der Waals surface area (Å²) in [5.41, 5.74) is 1.52. The number of piperidine rings is 1. The molecule has 0 radical (unpaired) electrons. The molecule has 4 rings (SSSR count). The standard InChI is InChI=1S/C26H30F2N4O2/c1-31-11-8-18(14-24(31)33)21-7-10-30-15-22(21)26(34)32(20-5-6-20)16-19-12-17(4-2-3-9-29)13-23(27)25(19)28/h8,11-14,20-22,30H,2-7,10,15-16H2,1H3/t21-,22+/m0/s1. The van der Waals surface area contributed by atoms with Gasteiger partial charge in [-0.15, -0.1) is 0 Å². The Morgan fingerprint density at radius 3 is 2.76 bits per heavy atom. The number of nitriles is 1. The summed E-state index contributed by atoms with van der Waals surface area (Å²) in [5.74, 6) is -2.43. The van der Waals surface area contributed by atoms with E-state index < -0.39 is 11.6 Å². The molecule has 2 atom stereocenters. The minimum Gasteiger partial charge on any atom is -0.335 e. The summed E-state index contributed by atoms with van der Waals surface area (Å²) in [6, 6.07) is 8.36. The number of unbranched alkanes of at least 4 members (excludes halogenated alkanes) is 1. The van der Waals surface area contributed by atoms with E-state index in [1.54, 1.807) is 30.3 Å². The second-order valence-corrected chi connectivity index (χ2v) is 9.37. The normalized spacial score (nSPS) is 20.1. The molecule has 6 nitrogen and oxygen atoms in total. The second-order valence-electron chi connectivity index (χ2n) is 9.37. The number of hydrogen-bond donors (Lipinski definition) is 1. The van der Waals surface area contributed by atoms with Gasteiger partial charge in [0.1, 0.15) is 0 Å². The Morgan fingerprint density at radius 2 is 2.06 bits per heavy atom. The topological polar surface area (TPSA) is 78.1 Å². The number of carbonyl (C=O) groups is 1. The van der Waals surface area contributed by atoms with Gasteiger partial charge in [0.05, 0.1) is 12.0 Å². The highest BCUT2D eigenvalue weighted by Gasteiger charge is 2.40.